The molecule has 1 saturated carbocycles. The van der Waals surface area contributed by atoms with Crippen LogP contribution in [0.15, 0.2) is 53.6 Å². The molecule has 1 heterocycles. The van der Waals surface area contributed by atoms with Crippen LogP contribution in [0.25, 0.3) is 0 Å². The van der Waals surface area contributed by atoms with Gasteiger partial charge in [0.25, 0.3) is 5.91 Å². The van der Waals surface area contributed by atoms with E-state index in [1.807, 2.05) is 26.0 Å². The summed E-state index contributed by atoms with van der Waals surface area (Å²) in [5.74, 6) is -0.352. The number of alkyl halides is 3. The quantitative estimate of drug-likeness (QED) is 0.183. The molecular formula is C26H25F3N4OS. The summed E-state index contributed by atoms with van der Waals surface area (Å²) in [7, 11) is 0. The number of amides is 1. The fraction of sp³-hybridized carbons (Fsp3) is 0.308. The van der Waals surface area contributed by atoms with E-state index in [1.54, 1.807) is 18.2 Å². The van der Waals surface area contributed by atoms with E-state index in [0.717, 1.165) is 45.9 Å². The Kier molecular flexibility index (Phi) is 6.64. The van der Waals surface area contributed by atoms with Crippen LogP contribution in [-0.4, -0.2) is 11.7 Å². The van der Waals surface area contributed by atoms with Crippen molar-refractivity contribution >= 4 is 23.1 Å². The molecule has 0 saturated heterocycles. The third-order valence-corrected chi connectivity index (χ3v) is 7.68. The summed E-state index contributed by atoms with van der Waals surface area (Å²) >= 11 is 1.51. The Morgan fingerprint density at radius 2 is 1.86 bits per heavy atom. The van der Waals surface area contributed by atoms with Gasteiger partial charge in [0, 0.05) is 15.3 Å². The van der Waals surface area contributed by atoms with Crippen LogP contribution < -0.4 is 5.32 Å². The van der Waals surface area contributed by atoms with Gasteiger partial charge in [-0.05, 0) is 55.4 Å². The Morgan fingerprint density at radius 1 is 1.17 bits per heavy atom. The van der Waals surface area contributed by atoms with Crippen molar-refractivity contribution in [3.8, 4) is 0 Å². The van der Waals surface area contributed by atoms with Gasteiger partial charge in [-0.15, -0.1) is 16.5 Å². The van der Waals surface area contributed by atoms with Gasteiger partial charge in [0.2, 0.25) is 0 Å². The van der Waals surface area contributed by atoms with Gasteiger partial charge in [0.15, 0.2) is 5.84 Å². The predicted octanol–water partition coefficient (Wildman–Crippen LogP) is 7.00. The zero-order valence-corrected chi connectivity index (χ0v) is 20.2. The topological polar surface area (TPSA) is 89.2 Å². The van der Waals surface area contributed by atoms with Gasteiger partial charge in [-0.1, -0.05) is 49.4 Å². The minimum atomic E-state index is -4.42. The molecule has 0 spiro atoms. The molecule has 2 aromatic carbocycles. The maximum atomic E-state index is 13.6. The van der Waals surface area contributed by atoms with E-state index in [1.165, 1.54) is 17.4 Å². The Morgan fingerprint density at radius 3 is 2.43 bits per heavy atom. The Labute approximate surface area is 205 Å². The van der Waals surface area contributed by atoms with Gasteiger partial charge >= 0.3 is 6.18 Å². The second-order valence-electron chi connectivity index (χ2n) is 8.74. The molecule has 3 aromatic rings. The average Bonchev–Trinajstić information content (AvgIpc) is 3.55. The number of amidine groups is 1. The van der Waals surface area contributed by atoms with Crippen LogP contribution in [-0.2, 0) is 24.6 Å². The number of aryl methyl sites for hydroxylation is 2. The van der Waals surface area contributed by atoms with Crippen molar-refractivity contribution in [3.63, 3.8) is 0 Å². The van der Waals surface area contributed by atoms with E-state index in [4.69, 9.17) is 10.9 Å². The van der Waals surface area contributed by atoms with Crippen molar-refractivity contribution in [2.75, 3.05) is 0 Å². The number of thiophene rings is 1. The number of carbonyl (C=O) groups excluding carboxylic acids is 1. The number of nitrogens with one attached hydrogen (secondary N) is 3. The number of nitrogens with zero attached hydrogens (tertiary/aromatic N) is 1. The number of halogens is 3. The molecule has 1 aliphatic rings. The van der Waals surface area contributed by atoms with E-state index in [-0.39, 0.29) is 18.2 Å². The summed E-state index contributed by atoms with van der Waals surface area (Å²) in [6, 6.07) is 12.4. The molecule has 0 bridgehead atoms. The molecule has 5 nitrogen and oxygen atoms in total. The van der Waals surface area contributed by atoms with Crippen molar-refractivity contribution in [2.45, 2.75) is 51.2 Å². The van der Waals surface area contributed by atoms with Gasteiger partial charge in [-0.3, -0.25) is 10.2 Å². The Bertz CT molecular complexity index is 1290. The molecule has 0 atom stereocenters. The van der Waals surface area contributed by atoms with Crippen molar-refractivity contribution in [2.24, 2.45) is 5.11 Å². The SMILES string of the molecule is CCc1sc(C)c(Cc2cccc(C(F)(F)F)c2)c1C(=O)NC1(c2ccc(C(=N)N=N)cc2)CC1. The molecule has 9 heteroatoms. The summed E-state index contributed by atoms with van der Waals surface area (Å²) in [5, 5.41) is 14.0. The molecule has 182 valence electrons. The second-order valence-corrected chi connectivity index (χ2v) is 10.0. The van der Waals surface area contributed by atoms with Crippen LogP contribution in [0, 0.1) is 17.9 Å². The molecule has 1 aliphatic carbocycles. The molecule has 1 aromatic heterocycles. The highest BCUT2D eigenvalue weighted by Gasteiger charge is 2.46. The fourth-order valence-electron chi connectivity index (χ4n) is 4.33. The molecule has 0 aliphatic heterocycles. The van der Waals surface area contributed by atoms with E-state index in [9.17, 15) is 18.0 Å². The first kappa shape index (κ1) is 24.8. The summed E-state index contributed by atoms with van der Waals surface area (Å²) < 4.78 is 39.6. The van der Waals surface area contributed by atoms with Crippen molar-refractivity contribution < 1.29 is 18.0 Å². The smallest absolute Gasteiger partial charge is 0.342 e. The largest absolute Gasteiger partial charge is 0.416 e. The third kappa shape index (κ3) is 5.05. The summed E-state index contributed by atoms with van der Waals surface area (Å²) in [5.41, 5.74) is 9.06. The highest BCUT2D eigenvalue weighted by Crippen LogP contribution is 2.46. The van der Waals surface area contributed by atoms with Crippen LogP contribution in [0.5, 0.6) is 0 Å². The number of hydrogen-bond donors (Lipinski definition) is 3. The van der Waals surface area contributed by atoms with Crippen LogP contribution in [0.4, 0.5) is 13.2 Å². The van der Waals surface area contributed by atoms with Crippen molar-refractivity contribution in [1.29, 1.82) is 10.9 Å². The number of carbonyl (C=O) groups is 1. The van der Waals surface area contributed by atoms with E-state index >= 15 is 0 Å². The zero-order chi connectivity index (χ0) is 25.4. The predicted molar refractivity (Wildman–Crippen MR) is 129 cm³/mol. The Hall–Kier alpha value is -3.33. The van der Waals surface area contributed by atoms with E-state index in [0.29, 0.717) is 23.1 Å². The van der Waals surface area contributed by atoms with Gasteiger partial charge in [-0.25, -0.2) is 5.53 Å². The number of rotatable bonds is 7. The molecule has 0 radical (unpaired) electrons. The molecule has 1 amide bonds. The lowest BCUT2D eigenvalue weighted by Crippen LogP contribution is -2.35. The van der Waals surface area contributed by atoms with Crippen LogP contribution in [0.2, 0.25) is 0 Å². The van der Waals surface area contributed by atoms with E-state index in [2.05, 4.69) is 10.4 Å². The minimum Gasteiger partial charge on any atom is -0.342 e. The maximum Gasteiger partial charge on any atom is 0.416 e. The van der Waals surface area contributed by atoms with Crippen LogP contribution in [0.3, 0.4) is 0 Å². The van der Waals surface area contributed by atoms with Gasteiger partial charge in [0.05, 0.1) is 16.7 Å². The zero-order valence-electron chi connectivity index (χ0n) is 19.3. The van der Waals surface area contributed by atoms with Crippen LogP contribution in [0.1, 0.15) is 67.7 Å². The molecular weight excluding hydrogens is 473 g/mol. The highest BCUT2D eigenvalue weighted by atomic mass is 32.1. The molecule has 3 N–H and O–H groups in total. The Balaban J connectivity index is 1.62. The number of benzene rings is 2. The lowest BCUT2D eigenvalue weighted by molar-refractivity contribution is -0.137. The first-order valence-corrected chi connectivity index (χ1v) is 12.1. The summed E-state index contributed by atoms with van der Waals surface area (Å²) in [6.45, 7) is 3.87. The second kappa shape index (κ2) is 9.37. The number of hydrogen-bond acceptors (Lipinski definition) is 4. The minimum absolute atomic E-state index is 0.133. The molecule has 35 heavy (non-hydrogen) atoms. The van der Waals surface area contributed by atoms with Crippen molar-refractivity contribution in [3.05, 3.63) is 91.7 Å². The van der Waals surface area contributed by atoms with Gasteiger partial charge in [-0.2, -0.15) is 13.2 Å². The summed E-state index contributed by atoms with van der Waals surface area (Å²) in [4.78, 5) is 15.4. The van der Waals surface area contributed by atoms with E-state index < -0.39 is 17.3 Å². The van der Waals surface area contributed by atoms with Crippen molar-refractivity contribution in [1.82, 2.24) is 5.32 Å². The monoisotopic (exact) mass is 498 g/mol. The molecule has 1 fully saturated rings. The third-order valence-electron chi connectivity index (χ3n) is 6.39. The van der Waals surface area contributed by atoms with Gasteiger partial charge in [0.1, 0.15) is 0 Å². The standard InChI is InChI=1S/C26H25F3N4OS/c1-3-21-22(20(15(2)35-21)14-16-5-4-6-19(13-16)26(27,28)29)24(34)32-25(11-12-25)18-9-7-17(8-10-18)23(30)33-31/h4-10,13,30-31H,3,11-12,14H2,1-2H3,(H,32,34). The lowest BCUT2D eigenvalue weighted by Gasteiger charge is -2.19. The highest BCUT2D eigenvalue weighted by molar-refractivity contribution is 7.12. The first-order chi connectivity index (χ1) is 16.6. The lowest BCUT2D eigenvalue weighted by atomic mass is 9.96. The fourth-order valence-corrected chi connectivity index (χ4v) is 5.46. The molecule has 0 unspecified atom stereocenters. The summed E-state index contributed by atoms with van der Waals surface area (Å²) in [6.07, 6.45) is -1.99. The normalized spacial score (nSPS) is 14.4. The maximum absolute atomic E-state index is 13.6. The van der Waals surface area contributed by atoms with Gasteiger partial charge < -0.3 is 5.32 Å². The first-order valence-electron chi connectivity index (χ1n) is 11.2. The van der Waals surface area contributed by atoms with Crippen LogP contribution >= 0.6 is 11.3 Å². The molecule has 4 rings (SSSR count). The average molecular weight is 499 g/mol.